The van der Waals surface area contributed by atoms with Gasteiger partial charge in [-0.3, -0.25) is 0 Å². The number of fused-ring (bicyclic) bond motifs is 1. The molecular formula is C13H21N3. The highest BCUT2D eigenvalue weighted by molar-refractivity contribution is 5.17. The van der Waals surface area contributed by atoms with Crippen LogP contribution in [0.15, 0.2) is 6.33 Å². The minimum atomic E-state index is 0.342. The third-order valence-electron chi connectivity index (χ3n) is 4.20. The molecule has 1 aromatic heterocycles. The van der Waals surface area contributed by atoms with Gasteiger partial charge >= 0.3 is 0 Å². The van der Waals surface area contributed by atoms with Gasteiger partial charge in [-0.1, -0.05) is 12.8 Å². The first-order chi connectivity index (χ1) is 7.86. The zero-order chi connectivity index (χ0) is 11.0. The van der Waals surface area contributed by atoms with Gasteiger partial charge in [-0.2, -0.15) is 0 Å². The van der Waals surface area contributed by atoms with Gasteiger partial charge in [-0.05, 0) is 38.5 Å². The Bertz CT molecular complexity index is 369. The Balaban J connectivity index is 1.90. The SMILES string of the molecule is NC1CCCCC1n1cnc2c1CCCC2. The lowest BCUT2D eigenvalue weighted by atomic mass is 9.90. The van der Waals surface area contributed by atoms with Gasteiger partial charge in [-0.25, -0.2) is 4.98 Å². The highest BCUT2D eigenvalue weighted by atomic mass is 15.1. The Hall–Kier alpha value is -0.830. The van der Waals surface area contributed by atoms with Crippen LogP contribution in [0.1, 0.15) is 56.0 Å². The number of nitrogens with zero attached hydrogens (tertiary/aromatic N) is 2. The first-order valence-corrected chi connectivity index (χ1v) is 6.66. The van der Waals surface area contributed by atoms with Crippen molar-refractivity contribution in [3.63, 3.8) is 0 Å². The zero-order valence-electron chi connectivity index (χ0n) is 9.86. The molecule has 0 bridgehead atoms. The normalized spacial score (nSPS) is 30.1. The molecule has 2 atom stereocenters. The maximum atomic E-state index is 6.25. The summed E-state index contributed by atoms with van der Waals surface area (Å²) in [6, 6.07) is 0.858. The van der Waals surface area contributed by atoms with E-state index < -0.39 is 0 Å². The molecule has 1 heterocycles. The number of hydrogen-bond donors (Lipinski definition) is 1. The number of rotatable bonds is 1. The Morgan fingerprint density at radius 2 is 1.94 bits per heavy atom. The molecule has 1 aromatic rings. The van der Waals surface area contributed by atoms with Crippen LogP contribution in [0.4, 0.5) is 0 Å². The maximum Gasteiger partial charge on any atom is 0.0954 e. The molecule has 88 valence electrons. The van der Waals surface area contributed by atoms with Gasteiger partial charge in [0.25, 0.3) is 0 Å². The lowest BCUT2D eigenvalue weighted by Gasteiger charge is -2.31. The van der Waals surface area contributed by atoms with Crippen LogP contribution in [0.3, 0.4) is 0 Å². The van der Waals surface area contributed by atoms with E-state index in [2.05, 4.69) is 9.55 Å². The van der Waals surface area contributed by atoms with Crippen LogP contribution in [-0.2, 0) is 12.8 Å². The van der Waals surface area contributed by atoms with E-state index in [0.29, 0.717) is 12.1 Å². The third kappa shape index (κ3) is 1.67. The average molecular weight is 219 g/mol. The minimum absolute atomic E-state index is 0.342. The summed E-state index contributed by atoms with van der Waals surface area (Å²) in [6.45, 7) is 0. The highest BCUT2D eigenvalue weighted by Crippen LogP contribution is 2.31. The molecule has 3 heteroatoms. The van der Waals surface area contributed by atoms with Gasteiger partial charge < -0.3 is 10.3 Å². The summed E-state index contributed by atoms with van der Waals surface area (Å²) in [4.78, 5) is 4.57. The van der Waals surface area contributed by atoms with E-state index in [-0.39, 0.29) is 0 Å². The molecule has 1 fully saturated rings. The van der Waals surface area contributed by atoms with Crippen molar-refractivity contribution in [2.75, 3.05) is 0 Å². The van der Waals surface area contributed by atoms with Crippen LogP contribution >= 0.6 is 0 Å². The van der Waals surface area contributed by atoms with Crippen molar-refractivity contribution >= 4 is 0 Å². The monoisotopic (exact) mass is 219 g/mol. The summed E-state index contributed by atoms with van der Waals surface area (Å²) in [6.07, 6.45) is 12.1. The molecule has 0 aliphatic heterocycles. The van der Waals surface area contributed by atoms with Gasteiger partial charge in [0.05, 0.1) is 12.0 Å². The molecule has 0 aromatic carbocycles. The van der Waals surface area contributed by atoms with Crippen molar-refractivity contribution in [3.05, 3.63) is 17.7 Å². The molecule has 2 aliphatic rings. The number of imidazole rings is 1. The van der Waals surface area contributed by atoms with Crippen molar-refractivity contribution in [2.24, 2.45) is 5.73 Å². The van der Waals surface area contributed by atoms with Crippen LogP contribution < -0.4 is 5.73 Å². The summed E-state index contributed by atoms with van der Waals surface area (Å²) in [5.74, 6) is 0. The van der Waals surface area contributed by atoms with Crippen LogP contribution in [0.2, 0.25) is 0 Å². The molecule has 0 saturated heterocycles. The second-order valence-corrected chi connectivity index (χ2v) is 5.27. The fourth-order valence-electron chi connectivity index (χ4n) is 3.26. The molecule has 0 amide bonds. The minimum Gasteiger partial charge on any atom is -0.330 e. The van der Waals surface area contributed by atoms with Crippen molar-refractivity contribution in [3.8, 4) is 0 Å². The quantitative estimate of drug-likeness (QED) is 0.787. The number of hydrogen-bond acceptors (Lipinski definition) is 2. The van der Waals surface area contributed by atoms with Crippen LogP contribution in [-0.4, -0.2) is 15.6 Å². The van der Waals surface area contributed by atoms with Crippen LogP contribution in [0.25, 0.3) is 0 Å². The fraction of sp³-hybridized carbons (Fsp3) is 0.769. The first kappa shape index (κ1) is 10.3. The molecule has 0 radical (unpaired) electrons. The zero-order valence-corrected chi connectivity index (χ0v) is 9.86. The molecule has 2 unspecified atom stereocenters. The summed E-state index contributed by atoms with van der Waals surface area (Å²) in [5.41, 5.74) is 9.07. The van der Waals surface area contributed by atoms with E-state index in [9.17, 15) is 0 Å². The summed E-state index contributed by atoms with van der Waals surface area (Å²) < 4.78 is 2.40. The van der Waals surface area contributed by atoms with Crippen LogP contribution in [0, 0.1) is 0 Å². The highest BCUT2D eigenvalue weighted by Gasteiger charge is 2.26. The smallest absolute Gasteiger partial charge is 0.0954 e. The molecule has 1 saturated carbocycles. The number of nitrogens with two attached hydrogens (primary N) is 1. The molecule has 3 rings (SSSR count). The van der Waals surface area contributed by atoms with Crippen molar-refractivity contribution in [1.82, 2.24) is 9.55 Å². The van der Waals surface area contributed by atoms with Gasteiger partial charge in [0.2, 0.25) is 0 Å². The second kappa shape index (κ2) is 4.21. The van der Waals surface area contributed by atoms with E-state index in [0.717, 1.165) is 0 Å². The third-order valence-corrected chi connectivity index (χ3v) is 4.20. The molecule has 2 N–H and O–H groups in total. The fourth-order valence-corrected chi connectivity index (χ4v) is 3.26. The number of aryl methyl sites for hydroxylation is 1. The van der Waals surface area contributed by atoms with Crippen molar-refractivity contribution in [1.29, 1.82) is 0 Å². The Kier molecular flexibility index (Phi) is 2.72. The van der Waals surface area contributed by atoms with Crippen molar-refractivity contribution < 1.29 is 0 Å². The average Bonchev–Trinajstić information content (AvgIpc) is 2.74. The lowest BCUT2D eigenvalue weighted by Crippen LogP contribution is -2.35. The van der Waals surface area contributed by atoms with E-state index in [1.807, 2.05) is 6.33 Å². The predicted molar refractivity (Wildman–Crippen MR) is 64.3 cm³/mol. The van der Waals surface area contributed by atoms with Gasteiger partial charge in [0.1, 0.15) is 0 Å². The molecule has 16 heavy (non-hydrogen) atoms. The second-order valence-electron chi connectivity index (χ2n) is 5.27. The topological polar surface area (TPSA) is 43.8 Å². The molecule has 2 aliphatic carbocycles. The molecule has 3 nitrogen and oxygen atoms in total. The van der Waals surface area contributed by atoms with Crippen molar-refractivity contribution in [2.45, 2.75) is 63.5 Å². The lowest BCUT2D eigenvalue weighted by molar-refractivity contribution is 0.299. The first-order valence-electron chi connectivity index (χ1n) is 6.66. The number of aromatic nitrogens is 2. The predicted octanol–water partition coefficient (Wildman–Crippen LogP) is 2.20. The maximum absolute atomic E-state index is 6.25. The standard InChI is InChI=1S/C13H21N3/c14-10-5-1-3-7-12(10)16-9-15-11-6-2-4-8-13(11)16/h9-10,12H,1-8,14H2. The van der Waals surface area contributed by atoms with Gasteiger partial charge in [-0.15, -0.1) is 0 Å². The Morgan fingerprint density at radius 3 is 2.81 bits per heavy atom. The Labute approximate surface area is 97.0 Å². The van der Waals surface area contributed by atoms with E-state index in [1.54, 1.807) is 0 Å². The molecular weight excluding hydrogens is 198 g/mol. The largest absolute Gasteiger partial charge is 0.330 e. The van der Waals surface area contributed by atoms with E-state index >= 15 is 0 Å². The van der Waals surface area contributed by atoms with E-state index in [4.69, 9.17) is 5.73 Å². The molecule has 0 spiro atoms. The van der Waals surface area contributed by atoms with Gasteiger partial charge in [0.15, 0.2) is 0 Å². The Morgan fingerprint density at radius 1 is 1.12 bits per heavy atom. The van der Waals surface area contributed by atoms with Crippen LogP contribution in [0.5, 0.6) is 0 Å². The van der Waals surface area contributed by atoms with E-state index in [1.165, 1.54) is 62.8 Å². The summed E-state index contributed by atoms with van der Waals surface area (Å²) in [5, 5.41) is 0. The summed E-state index contributed by atoms with van der Waals surface area (Å²) in [7, 11) is 0. The van der Waals surface area contributed by atoms with Gasteiger partial charge in [0, 0.05) is 17.8 Å². The summed E-state index contributed by atoms with van der Waals surface area (Å²) >= 11 is 0.